The average molecular weight is 277 g/mol. The quantitative estimate of drug-likeness (QED) is 0.753. The van der Waals surface area contributed by atoms with E-state index in [4.69, 9.17) is 0 Å². The molecule has 0 bridgehead atoms. The van der Waals surface area contributed by atoms with Crippen molar-refractivity contribution in [1.29, 1.82) is 0 Å². The third-order valence-electron chi connectivity index (χ3n) is 3.52. The van der Waals surface area contributed by atoms with Crippen molar-refractivity contribution in [3.05, 3.63) is 35.9 Å². The number of aliphatic hydroxyl groups is 1. The molecule has 0 atom stereocenters. The maximum Gasteiger partial charge on any atom is 0.226 e. The van der Waals surface area contributed by atoms with Gasteiger partial charge in [0.05, 0.1) is 6.61 Å². The molecule has 1 aromatic carbocycles. The minimum atomic E-state index is 0.0174. The normalized spacial score (nSPS) is 10.8. The largest absolute Gasteiger partial charge is 0.395 e. The van der Waals surface area contributed by atoms with Crippen molar-refractivity contribution < 1.29 is 9.90 Å². The Labute approximate surface area is 122 Å². The first-order valence-corrected chi connectivity index (χ1v) is 7.66. The van der Waals surface area contributed by atoms with Gasteiger partial charge >= 0.3 is 0 Å². The van der Waals surface area contributed by atoms with Crippen molar-refractivity contribution in [3.8, 4) is 0 Å². The number of rotatable bonds is 9. The Balaban J connectivity index is 2.74. The van der Waals surface area contributed by atoms with Crippen molar-refractivity contribution in [2.24, 2.45) is 5.92 Å². The third kappa shape index (κ3) is 5.33. The first kappa shape index (κ1) is 16.7. The number of carbonyl (C=O) groups is 1. The first-order chi connectivity index (χ1) is 9.72. The molecule has 0 unspecified atom stereocenters. The highest BCUT2D eigenvalue weighted by Gasteiger charge is 2.22. The van der Waals surface area contributed by atoms with E-state index in [9.17, 15) is 9.90 Å². The van der Waals surface area contributed by atoms with Gasteiger partial charge in [-0.1, -0.05) is 57.0 Å². The van der Waals surface area contributed by atoms with Gasteiger partial charge in [0.2, 0.25) is 5.91 Å². The molecule has 20 heavy (non-hydrogen) atoms. The maximum absolute atomic E-state index is 12.6. The van der Waals surface area contributed by atoms with Crippen LogP contribution < -0.4 is 0 Å². The van der Waals surface area contributed by atoms with Crippen LogP contribution in [0, 0.1) is 5.92 Å². The molecule has 0 aliphatic heterocycles. The van der Waals surface area contributed by atoms with Crippen LogP contribution in [0.15, 0.2) is 30.3 Å². The molecule has 3 heteroatoms. The maximum atomic E-state index is 12.6. The second-order valence-electron chi connectivity index (χ2n) is 5.24. The summed E-state index contributed by atoms with van der Waals surface area (Å²) in [6, 6.07) is 9.97. The molecule has 1 rings (SSSR count). The van der Waals surface area contributed by atoms with Crippen molar-refractivity contribution in [2.45, 2.75) is 46.1 Å². The molecular formula is C17H27NO2. The monoisotopic (exact) mass is 277 g/mol. The van der Waals surface area contributed by atoms with E-state index in [1.54, 1.807) is 4.90 Å². The topological polar surface area (TPSA) is 40.5 Å². The Morgan fingerprint density at radius 2 is 1.75 bits per heavy atom. The molecule has 3 nitrogen and oxygen atoms in total. The number of benzene rings is 1. The Hall–Kier alpha value is -1.35. The van der Waals surface area contributed by atoms with Crippen molar-refractivity contribution in [1.82, 2.24) is 4.90 Å². The molecule has 1 amide bonds. The molecule has 0 spiro atoms. The molecule has 112 valence electrons. The molecule has 0 aliphatic rings. The molecule has 0 heterocycles. The van der Waals surface area contributed by atoms with Gasteiger partial charge in [-0.05, 0) is 18.4 Å². The number of hydrogen-bond donors (Lipinski definition) is 1. The smallest absolute Gasteiger partial charge is 0.226 e. The summed E-state index contributed by atoms with van der Waals surface area (Å²) in [5.74, 6) is 0.284. The van der Waals surface area contributed by atoms with Crippen LogP contribution in [0.1, 0.15) is 45.1 Å². The van der Waals surface area contributed by atoms with Crippen LogP contribution in [-0.4, -0.2) is 29.1 Å². The molecule has 0 saturated carbocycles. The van der Waals surface area contributed by atoms with Gasteiger partial charge in [0.1, 0.15) is 0 Å². The predicted octanol–water partition coefficient (Wildman–Crippen LogP) is 3.22. The van der Waals surface area contributed by atoms with E-state index in [1.807, 2.05) is 30.3 Å². The summed E-state index contributed by atoms with van der Waals surface area (Å²) in [5, 5.41) is 9.21. The van der Waals surface area contributed by atoms with Crippen LogP contribution in [-0.2, 0) is 11.3 Å². The highest BCUT2D eigenvalue weighted by atomic mass is 16.3. The molecule has 0 aliphatic carbocycles. The van der Waals surface area contributed by atoms with Gasteiger partial charge in [0.25, 0.3) is 0 Å². The zero-order valence-corrected chi connectivity index (χ0v) is 12.7. The Morgan fingerprint density at radius 3 is 2.25 bits per heavy atom. The fourth-order valence-electron chi connectivity index (χ4n) is 2.54. The van der Waals surface area contributed by atoms with Crippen LogP contribution in [0.5, 0.6) is 0 Å². The summed E-state index contributed by atoms with van der Waals surface area (Å²) in [4.78, 5) is 14.4. The van der Waals surface area contributed by atoms with Gasteiger partial charge in [-0.25, -0.2) is 0 Å². The Kier molecular flexibility index (Phi) is 7.97. The Bertz CT molecular complexity index is 372. The predicted molar refractivity (Wildman–Crippen MR) is 82.3 cm³/mol. The van der Waals surface area contributed by atoms with Crippen molar-refractivity contribution >= 4 is 5.91 Å². The van der Waals surface area contributed by atoms with E-state index in [0.717, 1.165) is 31.2 Å². The van der Waals surface area contributed by atoms with Gasteiger partial charge in [0, 0.05) is 19.0 Å². The van der Waals surface area contributed by atoms with Gasteiger partial charge < -0.3 is 10.0 Å². The molecular weight excluding hydrogens is 250 g/mol. The van der Waals surface area contributed by atoms with E-state index >= 15 is 0 Å². The van der Waals surface area contributed by atoms with Crippen molar-refractivity contribution in [3.63, 3.8) is 0 Å². The summed E-state index contributed by atoms with van der Waals surface area (Å²) in [7, 11) is 0. The van der Waals surface area contributed by atoms with Gasteiger partial charge in [-0.3, -0.25) is 4.79 Å². The fraction of sp³-hybridized carbons (Fsp3) is 0.588. The molecule has 0 aromatic heterocycles. The lowest BCUT2D eigenvalue weighted by molar-refractivity contribution is -0.137. The summed E-state index contributed by atoms with van der Waals surface area (Å²) >= 11 is 0. The van der Waals surface area contributed by atoms with E-state index in [2.05, 4.69) is 13.8 Å². The second kappa shape index (κ2) is 9.54. The molecule has 0 saturated heterocycles. The van der Waals surface area contributed by atoms with Crippen LogP contribution >= 0.6 is 0 Å². The van der Waals surface area contributed by atoms with Crippen LogP contribution in [0.2, 0.25) is 0 Å². The van der Waals surface area contributed by atoms with E-state index in [0.29, 0.717) is 13.1 Å². The molecule has 1 N–H and O–H groups in total. The zero-order valence-electron chi connectivity index (χ0n) is 12.7. The lowest BCUT2D eigenvalue weighted by atomic mass is 9.96. The number of carbonyl (C=O) groups excluding carboxylic acids is 1. The third-order valence-corrected chi connectivity index (χ3v) is 3.52. The number of nitrogens with zero attached hydrogens (tertiary/aromatic N) is 1. The standard InChI is InChI=1S/C17H27NO2/c1-3-8-16(9-4-2)17(20)18(12-13-19)14-15-10-6-5-7-11-15/h5-7,10-11,16,19H,3-4,8-9,12-14H2,1-2H3. The summed E-state index contributed by atoms with van der Waals surface area (Å²) in [5.41, 5.74) is 1.11. The number of aliphatic hydroxyl groups excluding tert-OH is 1. The molecule has 0 fully saturated rings. The number of hydrogen-bond acceptors (Lipinski definition) is 2. The lowest BCUT2D eigenvalue weighted by Gasteiger charge is -2.27. The average Bonchev–Trinajstić information content (AvgIpc) is 2.47. The highest BCUT2D eigenvalue weighted by molar-refractivity contribution is 5.78. The van der Waals surface area contributed by atoms with Crippen LogP contribution in [0.25, 0.3) is 0 Å². The van der Waals surface area contributed by atoms with Crippen molar-refractivity contribution in [2.75, 3.05) is 13.2 Å². The highest BCUT2D eigenvalue weighted by Crippen LogP contribution is 2.18. The first-order valence-electron chi connectivity index (χ1n) is 7.66. The number of amides is 1. The Morgan fingerprint density at radius 1 is 1.15 bits per heavy atom. The van der Waals surface area contributed by atoms with E-state index < -0.39 is 0 Å². The van der Waals surface area contributed by atoms with Gasteiger partial charge in [-0.15, -0.1) is 0 Å². The van der Waals surface area contributed by atoms with Gasteiger partial charge in [-0.2, -0.15) is 0 Å². The summed E-state index contributed by atoms with van der Waals surface area (Å²) in [6.45, 7) is 5.25. The van der Waals surface area contributed by atoms with Gasteiger partial charge in [0.15, 0.2) is 0 Å². The minimum Gasteiger partial charge on any atom is -0.395 e. The lowest BCUT2D eigenvalue weighted by Crippen LogP contribution is -2.37. The summed E-state index contributed by atoms with van der Waals surface area (Å²) < 4.78 is 0. The fourth-order valence-corrected chi connectivity index (χ4v) is 2.54. The van der Waals surface area contributed by atoms with E-state index in [-0.39, 0.29) is 18.4 Å². The van der Waals surface area contributed by atoms with E-state index in [1.165, 1.54) is 0 Å². The van der Waals surface area contributed by atoms with Crippen LogP contribution in [0.3, 0.4) is 0 Å². The molecule has 0 radical (unpaired) electrons. The minimum absolute atomic E-state index is 0.0174. The molecule has 1 aromatic rings. The second-order valence-corrected chi connectivity index (χ2v) is 5.24. The summed E-state index contributed by atoms with van der Waals surface area (Å²) in [6.07, 6.45) is 3.91. The zero-order chi connectivity index (χ0) is 14.8. The SMILES string of the molecule is CCCC(CCC)C(=O)N(CCO)Cc1ccccc1. The van der Waals surface area contributed by atoms with Crippen LogP contribution in [0.4, 0.5) is 0 Å².